The fourth-order valence-electron chi connectivity index (χ4n) is 2.04. The van der Waals surface area contributed by atoms with Crippen molar-refractivity contribution < 1.29 is 9.18 Å². The molecule has 1 saturated heterocycles. The lowest BCUT2D eigenvalue weighted by Gasteiger charge is -2.26. The molecule has 98 valence electrons. The summed E-state index contributed by atoms with van der Waals surface area (Å²) in [6.07, 6.45) is 2.56. The number of hydrazine groups is 1. The largest absolute Gasteiger partial charge is 0.380 e. The first-order valence-corrected chi connectivity index (χ1v) is 6.01. The Morgan fingerprint density at radius 2 is 2.06 bits per heavy atom. The van der Waals surface area contributed by atoms with Crippen LogP contribution in [0.15, 0.2) is 18.2 Å². The van der Waals surface area contributed by atoms with Crippen molar-refractivity contribution in [3.63, 3.8) is 0 Å². The molecular weight excluding hydrogens is 235 g/mol. The fourth-order valence-corrected chi connectivity index (χ4v) is 2.04. The zero-order valence-corrected chi connectivity index (χ0v) is 10.0. The quantitative estimate of drug-likeness (QED) is 0.467. The summed E-state index contributed by atoms with van der Waals surface area (Å²) in [4.78, 5) is 10.3. The van der Waals surface area contributed by atoms with Gasteiger partial charge >= 0.3 is 0 Å². The first-order valence-electron chi connectivity index (χ1n) is 6.01. The maximum Gasteiger partial charge on any atom is 0.225 e. The minimum atomic E-state index is -0.346. The molecule has 1 aliphatic heterocycles. The molecular formula is C12H17FN4O. The molecule has 0 aromatic heterocycles. The van der Waals surface area contributed by atoms with Gasteiger partial charge in [-0.15, -0.1) is 0 Å². The Labute approximate surface area is 105 Å². The normalized spacial score (nSPS) is 16.1. The Morgan fingerprint density at radius 1 is 1.28 bits per heavy atom. The lowest BCUT2D eigenvalue weighted by atomic mass is 10.1. The van der Waals surface area contributed by atoms with E-state index in [2.05, 4.69) is 21.5 Å². The second-order valence-electron chi connectivity index (χ2n) is 4.25. The van der Waals surface area contributed by atoms with Crippen LogP contribution < -0.4 is 21.5 Å². The first kappa shape index (κ1) is 12.6. The summed E-state index contributed by atoms with van der Waals surface area (Å²) in [6.45, 7) is 1.96. The summed E-state index contributed by atoms with van der Waals surface area (Å²) in [6, 6.07) is 4.79. The zero-order valence-electron chi connectivity index (χ0n) is 10.0. The number of hydrogen-bond donors (Lipinski definition) is 4. The maximum absolute atomic E-state index is 13.2. The standard InChI is InChI=1S/C12H17FN4O/c13-9-1-2-11(12(7-9)17-15-8-18)16-10-3-5-14-6-4-10/h1-2,7-8,10,14,16-17H,3-6H2,(H,15,18). The predicted molar refractivity (Wildman–Crippen MR) is 68.7 cm³/mol. The van der Waals surface area contributed by atoms with E-state index in [1.165, 1.54) is 12.1 Å². The van der Waals surface area contributed by atoms with E-state index in [0.717, 1.165) is 31.6 Å². The Kier molecular flexibility index (Phi) is 4.35. The molecule has 0 bridgehead atoms. The van der Waals surface area contributed by atoms with Gasteiger partial charge < -0.3 is 10.6 Å². The number of nitrogens with one attached hydrogen (secondary N) is 4. The molecule has 2 rings (SSSR count). The van der Waals surface area contributed by atoms with Gasteiger partial charge in [-0.05, 0) is 38.1 Å². The highest BCUT2D eigenvalue weighted by Crippen LogP contribution is 2.24. The first-order chi connectivity index (χ1) is 8.79. The molecule has 0 unspecified atom stereocenters. The highest BCUT2D eigenvalue weighted by atomic mass is 19.1. The Morgan fingerprint density at radius 3 is 2.78 bits per heavy atom. The molecule has 5 nitrogen and oxygen atoms in total. The number of rotatable bonds is 5. The molecule has 1 heterocycles. The smallest absolute Gasteiger partial charge is 0.225 e. The van der Waals surface area contributed by atoms with Crippen LogP contribution in [-0.2, 0) is 4.79 Å². The molecule has 1 aromatic carbocycles. The molecule has 1 aromatic rings. The molecule has 0 aliphatic carbocycles. The van der Waals surface area contributed by atoms with Crippen LogP contribution in [0.4, 0.5) is 15.8 Å². The second-order valence-corrected chi connectivity index (χ2v) is 4.25. The SMILES string of the molecule is O=CNNc1cc(F)ccc1NC1CCNCC1. The third-order valence-electron chi connectivity index (χ3n) is 2.95. The van der Waals surface area contributed by atoms with Gasteiger partial charge in [0.2, 0.25) is 6.41 Å². The molecule has 1 amide bonds. The van der Waals surface area contributed by atoms with Gasteiger partial charge in [0.1, 0.15) is 5.82 Å². The summed E-state index contributed by atoms with van der Waals surface area (Å²) in [7, 11) is 0. The van der Waals surface area contributed by atoms with Crippen LogP contribution in [0.2, 0.25) is 0 Å². The Hall–Kier alpha value is -1.82. The minimum absolute atomic E-state index is 0.346. The van der Waals surface area contributed by atoms with Gasteiger partial charge in [-0.25, -0.2) is 4.39 Å². The van der Waals surface area contributed by atoms with Crippen molar-refractivity contribution in [3.8, 4) is 0 Å². The molecule has 18 heavy (non-hydrogen) atoms. The predicted octanol–water partition coefficient (Wildman–Crippen LogP) is 1.06. The van der Waals surface area contributed by atoms with Crippen LogP contribution >= 0.6 is 0 Å². The van der Waals surface area contributed by atoms with Gasteiger partial charge in [0.05, 0.1) is 11.4 Å². The van der Waals surface area contributed by atoms with Crippen molar-refractivity contribution in [1.82, 2.24) is 10.7 Å². The lowest BCUT2D eigenvalue weighted by Crippen LogP contribution is -2.35. The summed E-state index contributed by atoms with van der Waals surface area (Å²) in [5.74, 6) is -0.346. The van der Waals surface area contributed by atoms with Crippen molar-refractivity contribution in [2.45, 2.75) is 18.9 Å². The zero-order chi connectivity index (χ0) is 12.8. The summed E-state index contributed by atoms with van der Waals surface area (Å²) >= 11 is 0. The number of anilines is 2. The molecule has 6 heteroatoms. The number of hydrogen-bond acceptors (Lipinski definition) is 4. The topological polar surface area (TPSA) is 65.2 Å². The monoisotopic (exact) mass is 252 g/mol. The number of carbonyl (C=O) groups excluding carboxylic acids is 1. The van der Waals surface area contributed by atoms with Crippen LogP contribution in [0.25, 0.3) is 0 Å². The van der Waals surface area contributed by atoms with Crippen LogP contribution in [-0.4, -0.2) is 25.5 Å². The van der Waals surface area contributed by atoms with E-state index in [4.69, 9.17) is 0 Å². The van der Waals surface area contributed by atoms with Crippen molar-refractivity contribution in [2.24, 2.45) is 0 Å². The van der Waals surface area contributed by atoms with Gasteiger partial charge in [0.15, 0.2) is 0 Å². The van der Waals surface area contributed by atoms with Gasteiger partial charge in [-0.2, -0.15) is 0 Å². The second kappa shape index (κ2) is 6.20. The van der Waals surface area contributed by atoms with Gasteiger partial charge in [-0.3, -0.25) is 15.6 Å². The molecule has 1 fully saturated rings. The third-order valence-corrected chi connectivity index (χ3v) is 2.95. The van der Waals surface area contributed by atoms with E-state index < -0.39 is 0 Å². The van der Waals surface area contributed by atoms with E-state index in [9.17, 15) is 9.18 Å². The van der Waals surface area contributed by atoms with Crippen molar-refractivity contribution in [3.05, 3.63) is 24.0 Å². The number of halogens is 1. The molecule has 4 N–H and O–H groups in total. The molecule has 1 aliphatic rings. The van der Waals surface area contributed by atoms with Gasteiger partial charge in [-0.1, -0.05) is 0 Å². The highest BCUT2D eigenvalue weighted by Gasteiger charge is 2.14. The number of benzene rings is 1. The van der Waals surface area contributed by atoms with Crippen molar-refractivity contribution in [2.75, 3.05) is 23.8 Å². The lowest BCUT2D eigenvalue weighted by molar-refractivity contribution is -0.109. The average molecular weight is 252 g/mol. The van der Waals surface area contributed by atoms with Gasteiger partial charge in [0.25, 0.3) is 0 Å². The fraction of sp³-hybridized carbons (Fsp3) is 0.417. The Bertz CT molecular complexity index is 407. The number of amides is 1. The summed E-state index contributed by atoms with van der Waals surface area (Å²) in [5.41, 5.74) is 6.29. The van der Waals surface area contributed by atoms with Crippen LogP contribution in [0, 0.1) is 5.82 Å². The molecule has 0 spiro atoms. The minimum Gasteiger partial charge on any atom is -0.380 e. The van der Waals surface area contributed by atoms with Gasteiger partial charge in [0, 0.05) is 12.1 Å². The van der Waals surface area contributed by atoms with E-state index in [1.807, 2.05) is 0 Å². The van der Waals surface area contributed by atoms with Crippen molar-refractivity contribution in [1.29, 1.82) is 0 Å². The third kappa shape index (κ3) is 3.33. The van der Waals surface area contributed by atoms with Crippen LogP contribution in [0.5, 0.6) is 0 Å². The van der Waals surface area contributed by atoms with Crippen molar-refractivity contribution >= 4 is 17.8 Å². The van der Waals surface area contributed by atoms with E-state index in [1.54, 1.807) is 6.07 Å². The van der Waals surface area contributed by atoms with E-state index >= 15 is 0 Å². The summed E-state index contributed by atoms with van der Waals surface area (Å²) in [5, 5.41) is 6.64. The molecule has 0 atom stereocenters. The highest BCUT2D eigenvalue weighted by molar-refractivity contribution is 5.70. The average Bonchev–Trinajstić information content (AvgIpc) is 2.40. The number of piperidine rings is 1. The maximum atomic E-state index is 13.2. The molecule has 0 saturated carbocycles. The number of carbonyl (C=O) groups is 1. The van der Waals surface area contributed by atoms with E-state index in [-0.39, 0.29) is 5.82 Å². The Balaban J connectivity index is 2.07. The molecule has 0 radical (unpaired) electrons. The van der Waals surface area contributed by atoms with E-state index in [0.29, 0.717) is 18.1 Å². The van der Waals surface area contributed by atoms with Crippen LogP contribution in [0.1, 0.15) is 12.8 Å². The van der Waals surface area contributed by atoms with Crippen LogP contribution in [0.3, 0.4) is 0 Å². The summed E-state index contributed by atoms with van der Waals surface area (Å²) < 4.78 is 13.2.